The molecule has 3 heteroatoms. The summed E-state index contributed by atoms with van der Waals surface area (Å²) >= 11 is 0. The van der Waals surface area contributed by atoms with Crippen molar-refractivity contribution in [2.45, 2.75) is 32.6 Å². The van der Waals surface area contributed by atoms with E-state index in [0.29, 0.717) is 5.56 Å². The molecule has 0 unspecified atom stereocenters. The van der Waals surface area contributed by atoms with Crippen LogP contribution in [0.1, 0.15) is 36.8 Å². The first-order valence-corrected chi connectivity index (χ1v) is 6.14. The Balaban J connectivity index is 2.39. The molecule has 0 bridgehead atoms. The number of unbranched alkanes of at least 4 members (excludes halogenated alkanes) is 3. The van der Waals surface area contributed by atoms with Gasteiger partial charge in [-0.3, -0.25) is 0 Å². The first kappa shape index (κ1) is 13.5. The summed E-state index contributed by atoms with van der Waals surface area (Å²) in [5.74, 6) is 0. The summed E-state index contributed by atoms with van der Waals surface area (Å²) in [7, 11) is 0. The molecule has 0 radical (unpaired) electrons. The van der Waals surface area contributed by atoms with Crippen LogP contribution < -0.4 is 5.32 Å². The number of rotatable bonds is 7. The van der Waals surface area contributed by atoms with Crippen molar-refractivity contribution >= 4 is 5.69 Å². The van der Waals surface area contributed by atoms with Crippen LogP contribution in [-0.2, 0) is 0 Å². The molecule has 1 aromatic carbocycles. The number of para-hydroxylation sites is 1. The number of nitrogens with zero attached hydrogens (tertiary/aromatic N) is 1. The number of aryl methyl sites for hydroxylation is 1. The van der Waals surface area contributed by atoms with Gasteiger partial charge in [-0.05, 0) is 31.4 Å². The van der Waals surface area contributed by atoms with E-state index in [1.807, 2.05) is 25.1 Å². The molecule has 0 heterocycles. The topological polar surface area (TPSA) is 56.0 Å². The van der Waals surface area contributed by atoms with Crippen LogP contribution in [0.5, 0.6) is 0 Å². The van der Waals surface area contributed by atoms with Gasteiger partial charge in [-0.15, -0.1) is 0 Å². The SMILES string of the molecule is Cc1cccc(C#N)c1NCCCCCCO. The average molecular weight is 232 g/mol. The smallest absolute Gasteiger partial charge is 0.101 e. The Morgan fingerprint density at radius 2 is 2.00 bits per heavy atom. The number of aliphatic hydroxyl groups is 1. The van der Waals surface area contributed by atoms with E-state index >= 15 is 0 Å². The molecular formula is C14H20N2O. The molecule has 0 spiro atoms. The summed E-state index contributed by atoms with van der Waals surface area (Å²) in [4.78, 5) is 0. The van der Waals surface area contributed by atoms with Crippen molar-refractivity contribution in [2.24, 2.45) is 0 Å². The first-order valence-electron chi connectivity index (χ1n) is 6.14. The largest absolute Gasteiger partial charge is 0.396 e. The quantitative estimate of drug-likeness (QED) is 0.711. The van der Waals surface area contributed by atoms with E-state index < -0.39 is 0 Å². The second-order valence-corrected chi connectivity index (χ2v) is 4.17. The summed E-state index contributed by atoms with van der Waals surface area (Å²) in [6, 6.07) is 7.95. The third-order valence-corrected chi connectivity index (χ3v) is 2.78. The van der Waals surface area contributed by atoms with Crippen LogP contribution in [0, 0.1) is 18.3 Å². The van der Waals surface area contributed by atoms with Crippen molar-refractivity contribution in [3.8, 4) is 6.07 Å². The fourth-order valence-electron chi connectivity index (χ4n) is 1.80. The lowest BCUT2D eigenvalue weighted by molar-refractivity contribution is 0.283. The van der Waals surface area contributed by atoms with Gasteiger partial charge in [0, 0.05) is 13.2 Å². The minimum absolute atomic E-state index is 0.282. The predicted molar refractivity (Wildman–Crippen MR) is 69.9 cm³/mol. The van der Waals surface area contributed by atoms with Crippen molar-refractivity contribution in [3.63, 3.8) is 0 Å². The zero-order chi connectivity index (χ0) is 12.5. The average Bonchev–Trinajstić information content (AvgIpc) is 2.35. The number of nitriles is 1. The molecule has 0 saturated heterocycles. The van der Waals surface area contributed by atoms with Crippen LogP contribution in [0.2, 0.25) is 0 Å². The maximum atomic E-state index is 9.00. The number of benzene rings is 1. The van der Waals surface area contributed by atoms with Gasteiger partial charge in [-0.1, -0.05) is 25.0 Å². The molecule has 92 valence electrons. The van der Waals surface area contributed by atoms with Gasteiger partial charge < -0.3 is 10.4 Å². The minimum atomic E-state index is 0.282. The van der Waals surface area contributed by atoms with E-state index in [4.69, 9.17) is 10.4 Å². The summed E-state index contributed by atoms with van der Waals surface area (Å²) in [6.07, 6.45) is 4.13. The Kier molecular flexibility index (Phi) is 6.13. The Labute approximate surface area is 103 Å². The third kappa shape index (κ3) is 4.46. The second kappa shape index (κ2) is 7.70. The number of anilines is 1. The maximum Gasteiger partial charge on any atom is 0.101 e. The predicted octanol–water partition coefficient (Wildman–Crippen LogP) is 2.83. The molecule has 1 rings (SSSR count). The maximum absolute atomic E-state index is 9.00. The van der Waals surface area contributed by atoms with Gasteiger partial charge in [0.25, 0.3) is 0 Å². The van der Waals surface area contributed by atoms with E-state index in [-0.39, 0.29) is 6.61 Å². The molecular weight excluding hydrogens is 212 g/mol. The van der Waals surface area contributed by atoms with Crippen molar-refractivity contribution in [2.75, 3.05) is 18.5 Å². The molecule has 0 aliphatic carbocycles. The summed E-state index contributed by atoms with van der Waals surface area (Å²) < 4.78 is 0. The molecule has 1 aromatic rings. The molecule has 3 nitrogen and oxygen atoms in total. The number of nitrogens with one attached hydrogen (secondary N) is 1. The van der Waals surface area contributed by atoms with E-state index in [1.165, 1.54) is 0 Å². The van der Waals surface area contributed by atoms with Crippen LogP contribution in [0.25, 0.3) is 0 Å². The second-order valence-electron chi connectivity index (χ2n) is 4.17. The van der Waals surface area contributed by atoms with E-state index in [1.54, 1.807) is 0 Å². The normalized spacial score (nSPS) is 9.94. The number of hydrogen-bond donors (Lipinski definition) is 2. The first-order chi connectivity index (χ1) is 8.29. The van der Waals surface area contributed by atoms with E-state index in [2.05, 4.69) is 11.4 Å². The lowest BCUT2D eigenvalue weighted by Crippen LogP contribution is -2.05. The van der Waals surface area contributed by atoms with Crippen molar-refractivity contribution in [1.29, 1.82) is 5.26 Å². The molecule has 0 aromatic heterocycles. The van der Waals surface area contributed by atoms with Gasteiger partial charge in [0.15, 0.2) is 0 Å². The van der Waals surface area contributed by atoms with Crippen molar-refractivity contribution in [1.82, 2.24) is 0 Å². The highest BCUT2D eigenvalue weighted by Gasteiger charge is 2.03. The van der Waals surface area contributed by atoms with E-state index in [9.17, 15) is 0 Å². The van der Waals surface area contributed by atoms with Gasteiger partial charge in [0.1, 0.15) is 6.07 Å². The summed E-state index contributed by atoms with van der Waals surface area (Å²) in [6.45, 7) is 3.17. The fraction of sp³-hybridized carbons (Fsp3) is 0.500. The molecule has 0 fully saturated rings. The number of aliphatic hydroxyl groups excluding tert-OH is 1. The lowest BCUT2D eigenvalue weighted by Gasteiger charge is -2.10. The molecule has 0 saturated carbocycles. The van der Waals surface area contributed by atoms with Crippen LogP contribution in [0.15, 0.2) is 18.2 Å². The number of hydrogen-bond acceptors (Lipinski definition) is 3. The highest BCUT2D eigenvalue weighted by molar-refractivity contribution is 5.62. The molecule has 0 amide bonds. The Morgan fingerprint density at radius 3 is 2.71 bits per heavy atom. The minimum Gasteiger partial charge on any atom is -0.396 e. The Bertz CT molecular complexity index is 382. The zero-order valence-corrected chi connectivity index (χ0v) is 10.4. The van der Waals surface area contributed by atoms with Crippen LogP contribution in [-0.4, -0.2) is 18.3 Å². The molecule has 2 N–H and O–H groups in total. The van der Waals surface area contributed by atoms with Gasteiger partial charge >= 0.3 is 0 Å². The van der Waals surface area contributed by atoms with Gasteiger partial charge in [0.05, 0.1) is 11.3 Å². The highest BCUT2D eigenvalue weighted by atomic mass is 16.2. The molecule has 0 atom stereocenters. The van der Waals surface area contributed by atoms with Gasteiger partial charge in [-0.25, -0.2) is 0 Å². The summed E-state index contributed by atoms with van der Waals surface area (Å²) in [5, 5.41) is 21.0. The van der Waals surface area contributed by atoms with Crippen molar-refractivity contribution in [3.05, 3.63) is 29.3 Å². The monoisotopic (exact) mass is 232 g/mol. The Hall–Kier alpha value is -1.53. The van der Waals surface area contributed by atoms with Crippen LogP contribution >= 0.6 is 0 Å². The van der Waals surface area contributed by atoms with Gasteiger partial charge in [-0.2, -0.15) is 5.26 Å². The highest BCUT2D eigenvalue weighted by Crippen LogP contribution is 2.19. The summed E-state index contributed by atoms with van der Waals surface area (Å²) in [5.41, 5.74) is 2.77. The standard InChI is InChI=1S/C14H20N2O/c1-12-7-6-8-13(11-15)14(12)16-9-4-2-3-5-10-17/h6-8,16-17H,2-5,9-10H2,1H3. The Morgan fingerprint density at radius 1 is 1.24 bits per heavy atom. The zero-order valence-electron chi connectivity index (χ0n) is 10.4. The van der Waals surface area contributed by atoms with Crippen LogP contribution in [0.3, 0.4) is 0 Å². The molecule has 0 aliphatic heterocycles. The fourth-order valence-corrected chi connectivity index (χ4v) is 1.80. The van der Waals surface area contributed by atoms with Gasteiger partial charge in [0.2, 0.25) is 0 Å². The third-order valence-electron chi connectivity index (χ3n) is 2.78. The van der Waals surface area contributed by atoms with Crippen LogP contribution in [0.4, 0.5) is 5.69 Å². The molecule has 0 aliphatic rings. The molecule has 17 heavy (non-hydrogen) atoms. The lowest BCUT2D eigenvalue weighted by atomic mass is 10.1. The van der Waals surface area contributed by atoms with E-state index in [0.717, 1.165) is 43.5 Å². The van der Waals surface area contributed by atoms with Crippen molar-refractivity contribution < 1.29 is 5.11 Å².